The van der Waals surface area contributed by atoms with Crippen LogP contribution in [0, 0.1) is 6.92 Å². The van der Waals surface area contributed by atoms with Crippen LogP contribution in [0.4, 0.5) is 10.5 Å². The maximum absolute atomic E-state index is 12.0. The predicted molar refractivity (Wildman–Crippen MR) is 80.8 cm³/mol. The first-order chi connectivity index (χ1) is 9.23. The Balaban J connectivity index is 2.93. The quantitative estimate of drug-likeness (QED) is 0.420. The number of nitrogens with one attached hydrogen (secondary N) is 2. The Bertz CT molecular complexity index is 552. The summed E-state index contributed by atoms with van der Waals surface area (Å²) in [5.74, 6) is 0.549. The third kappa shape index (κ3) is 3.77. The van der Waals surface area contributed by atoms with Crippen LogP contribution in [0.5, 0.6) is 5.75 Å². The van der Waals surface area contributed by atoms with Gasteiger partial charge in [0.15, 0.2) is 0 Å². The van der Waals surface area contributed by atoms with E-state index in [1.807, 2.05) is 28.2 Å². The molecule has 0 heterocycles. The minimum absolute atomic E-state index is 0.0722. The van der Waals surface area contributed by atoms with Gasteiger partial charge < -0.3 is 5.11 Å². The normalized spacial score (nSPS) is 9.90. The van der Waals surface area contributed by atoms with E-state index in [0.717, 1.165) is 5.56 Å². The van der Waals surface area contributed by atoms with Crippen molar-refractivity contribution in [3.8, 4) is 5.75 Å². The van der Waals surface area contributed by atoms with Crippen molar-refractivity contribution in [2.75, 3.05) is 33.5 Å². The molecule has 2 amide bonds. The fourth-order valence-electron chi connectivity index (χ4n) is 1.68. The van der Waals surface area contributed by atoms with Crippen molar-refractivity contribution in [2.45, 2.75) is 6.92 Å². The van der Waals surface area contributed by atoms with E-state index in [4.69, 9.17) is 11.6 Å². The van der Waals surface area contributed by atoms with Crippen LogP contribution < -0.4 is 10.6 Å². The number of anilines is 1. The van der Waals surface area contributed by atoms with E-state index in [1.165, 1.54) is 6.07 Å². The van der Waals surface area contributed by atoms with Crippen molar-refractivity contribution in [3.05, 3.63) is 22.7 Å². The Hall–Kier alpha value is -1.95. The molecule has 1 aromatic carbocycles. The highest BCUT2D eigenvalue weighted by atomic mass is 35.5. The van der Waals surface area contributed by atoms with Gasteiger partial charge in [0.2, 0.25) is 0 Å². The van der Waals surface area contributed by atoms with E-state index in [1.54, 1.807) is 22.5 Å². The van der Waals surface area contributed by atoms with E-state index in [0.29, 0.717) is 11.6 Å². The van der Waals surface area contributed by atoms with Gasteiger partial charge in [0.05, 0.1) is 33.9 Å². The lowest BCUT2D eigenvalue weighted by molar-refractivity contribution is -0.471. The van der Waals surface area contributed by atoms with Gasteiger partial charge in [-0.1, -0.05) is 17.7 Å². The summed E-state index contributed by atoms with van der Waals surface area (Å²) < 4.78 is 1.77. The lowest BCUT2D eigenvalue weighted by Crippen LogP contribution is -2.46. The van der Waals surface area contributed by atoms with Gasteiger partial charge in [0, 0.05) is 0 Å². The van der Waals surface area contributed by atoms with Crippen molar-refractivity contribution in [1.82, 2.24) is 10.2 Å². The van der Waals surface area contributed by atoms with E-state index in [-0.39, 0.29) is 10.8 Å². The summed E-state index contributed by atoms with van der Waals surface area (Å²) in [4.78, 5) is 13.8. The van der Waals surface area contributed by atoms with Crippen LogP contribution >= 0.6 is 11.6 Å². The number of amides is 2. The number of hydrogen-bond donors (Lipinski definition) is 3. The molecule has 0 spiro atoms. The Labute approximate surface area is 123 Å². The molecule has 1 aromatic rings. The topological polar surface area (TPSA) is 67.6 Å². The first kappa shape index (κ1) is 16.1. The Morgan fingerprint density at radius 1 is 1.35 bits per heavy atom. The average molecular weight is 300 g/mol. The number of benzene rings is 1. The maximum atomic E-state index is 12.0. The molecule has 0 aliphatic carbocycles. The summed E-state index contributed by atoms with van der Waals surface area (Å²) in [7, 11) is 7.29. The van der Waals surface area contributed by atoms with Gasteiger partial charge in [-0.25, -0.2) is 4.79 Å². The van der Waals surface area contributed by atoms with Crippen molar-refractivity contribution >= 4 is 29.3 Å². The number of carbonyl (C=O) groups excluding carboxylic acids is 1. The number of urea groups is 1. The van der Waals surface area contributed by atoms with E-state index in [2.05, 4.69) is 10.6 Å². The Morgan fingerprint density at radius 3 is 2.45 bits per heavy atom. The SMILES string of the molecule is Cc1ccc(O)c(Cl)c1NC(=O)NC(N(C)C)=[N+](C)C. The van der Waals surface area contributed by atoms with Crippen LogP contribution in [0.15, 0.2) is 12.1 Å². The van der Waals surface area contributed by atoms with Crippen molar-refractivity contribution in [1.29, 1.82) is 0 Å². The maximum Gasteiger partial charge on any atom is 0.384 e. The molecule has 0 saturated carbocycles. The zero-order valence-electron chi connectivity index (χ0n) is 12.3. The number of rotatable bonds is 1. The second kappa shape index (κ2) is 6.47. The van der Waals surface area contributed by atoms with Gasteiger partial charge in [-0.15, -0.1) is 0 Å². The number of aromatic hydroxyl groups is 1. The number of aryl methyl sites for hydroxylation is 1. The van der Waals surface area contributed by atoms with Gasteiger partial charge in [-0.2, -0.15) is 5.32 Å². The smallest absolute Gasteiger partial charge is 0.384 e. The Kier molecular flexibility index (Phi) is 5.21. The monoisotopic (exact) mass is 299 g/mol. The van der Waals surface area contributed by atoms with Crippen molar-refractivity contribution in [2.24, 2.45) is 0 Å². The lowest BCUT2D eigenvalue weighted by atomic mass is 10.2. The molecular formula is C13H20ClN4O2+. The highest BCUT2D eigenvalue weighted by molar-refractivity contribution is 6.35. The van der Waals surface area contributed by atoms with E-state index in [9.17, 15) is 9.90 Å². The molecular weight excluding hydrogens is 280 g/mol. The second-order valence-electron chi connectivity index (χ2n) is 4.78. The molecule has 0 saturated heterocycles. The van der Waals surface area contributed by atoms with Gasteiger partial charge in [-0.3, -0.25) is 14.8 Å². The highest BCUT2D eigenvalue weighted by Crippen LogP contribution is 2.33. The fraction of sp³-hybridized carbons (Fsp3) is 0.385. The van der Waals surface area contributed by atoms with Crippen LogP contribution in [0.3, 0.4) is 0 Å². The summed E-state index contributed by atoms with van der Waals surface area (Å²) in [5, 5.41) is 15.1. The first-order valence-corrected chi connectivity index (χ1v) is 6.39. The van der Waals surface area contributed by atoms with Crippen LogP contribution in [-0.4, -0.2) is 54.8 Å². The number of phenols is 1. The summed E-state index contributed by atoms with van der Waals surface area (Å²) in [6.45, 7) is 1.80. The minimum Gasteiger partial charge on any atom is -0.506 e. The third-order valence-corrected chi connectivity index (χ3v) is 3.02. The molecule has 3 N–H and O–H groups in total. The molecule has 0 atom stereocenters. The van der Waals surface area contributed by atoms with Crippen LogP contribution in [0.25, 0.3) is 0 Å². The standard InChI is InChI=1S/C13H19ClN4O2/c1-8-6-7-9(19)10(14)11(8)15-12(20)16-13(17(2)3)18(4)5/h6-7H,1-5H3,(H2,15,19,20)/p+1. The summed E-state index contributed by atoms with van der Waals surface area (Å²) in [6.07, 6.45) is 0. The molecule has 0 aromatic heterocycles. The zero-order chi connectivity index (χ0) is 15.4. The predicted octanol–water partition coefficient (Wildman–Crippen LogP) is 1.67. The molecule has 1 rings (SSSR count). The van der Waals surface area contributed by atoms with Crippen LogP contribution in [0.1, 0.15) is 5.56 Å². The average Bonchev–Trinajstić information content (AvgIpc) is 2.35. The molecule has 0 aliphatic heterocycles. The third-order valence-electron chi connectivity index (χ3n) is 2.64. The molecule has 0 fully saturated rings. The zero-order valence-corrected chi connectivity index (χ0v) is 13.0. The van der Waals surface area contributed by atoms with Gasteiger partial charge in [0.1, 0.15) is 10.8 Å². The van der Waals surface area contributed by atoms with E-state index < -0.39 is 6.03 Å². The largest absolute Gasteiger partial charge is 0.506 e. The summed E-state index contributed by atoms with van der Waals surface area (Å²) >= 11 is 5.98. The number of phenolic OH excluding ortho intramolecular Hbond substituents is 1. The molecule has 0 unspecified atom stereocenters. The van der Waals surface area contributed by atoms with Crippen molar-refractivity contribution in [3.63, 3.8) is 0 Å². The number of nitrogens with zero attached hydrogens (tertiary/aromatic N) is 2. The summed E-state index contributed by atoms with van der Waals surface area (Å²) in [6, 6.07) is 2.73. The molecule has 20 heavy (non-hydrogen) atoms. The number of hydrogen-bond acceptors (Lipinski definition) is 2. The van der Waals surface area contributed by atoms with Gasteiger partial charge >= 0.3 is 12.0 Å². The molecule has 0 bridgehead atoms. The second-order valence-corrected chi connectivity index (χ2v) is 5.16. The van der Waals surface area contributed by atoms with Gasteiger partial charge in [0.25, 0.3) is 0 Å². The number of halogens is 1. The van der Waals surface area contributed by atoms with E-state index >= 15 is 0 Å². The van der Waals surface area contributed by atoms with Crippen LogP contribution in [-0.2, 0) is 0 Å². The van der Waals surface area contributed by atoms with Crippen LogP contribution in [0.2, 0.25) is 5.02 Å². The van der Waals surface area contributed by atoms with Crippen molar-refractivity contribution < 1.29 is 14.5 Å². The highest BCUT2D eigenvalue weighted by Gasteiger charge is 2.19. The summed E-state index contributed by atoms with van der Waals surface area (Å²) in [5.41, 5.74) is 1.15. The molecule has 0 radical (unpaired) electrons. The first-order valence-electron chi connectivity index (χ1n) is 6.01. The number of guanidine groups is 1. The number of carbonyl (C=O) groups is 1. The molecule has 110 valence electrons. The molecule has 7 heteroatoms. The lowest BCUT2D eigenvalue weighted by Gasteiger charge is -2.14. The minimum atomic E-state index is -0.432. The Morgan fingerprint density at radius 2 is 1.95 bits per heavy atom. The molecule has 6 nitrogen and oxygen atoms in total. The molecule has 0 aliphatic rings. The fourth-order valence-corrected chi connectivity index (χ4v) is 1.94. The van der Waals surface area contributed by atoms with Gasteiger partial charge in [-0.05, 0) is 18.6 Å².